The van der Waals surface area contributed by atoms with E-state index in [0.717, 1.165) is 12.0 Å². The molecule has 1 aromatic rings. The summed E-state index contributed by atoms with van der Waals surface area (Å²) in [6, 6.07) is 6.32. The highest BCUT2D eigenvalue weighted by Crippen LogP contribution is 2.15. The molecule has 4 heteroatoms. The molecule has 0 bridgehead atoms. The van der Waals surface area contributed by atoms with Crippen molar-refractivity contribution in [2.24, 2.45) is 0 Å². The van der Waals surface area contributed by atoms with E-state index in [1.807, 2.05) is 26.0 Å². The maximum atomic E-state index is 11.5. The van der Waals surface area contributed by atoms with Gasteiger partial charge in [-0.3, -0.25) is 4.79 Å². The van der Waals surface area contributed by atoms with Crippen LogP contribution in [0.4, 0.5) is 0 Å². The van der Waals surface area contributed by atoms with Gasteiger partial charge >= 0.3 is 5.97 Å². The quantitative estimate of drug-likeness (QED) is 0.813. The van der Waals surface area contributed by atoms with Gasteiger partial charge in [0.25, 0.3) is 0 Å². The molecule has 1 aromatic carbocycles. The molecule has 0 saturated carbocycles. The Morgan fingerprint density at radius 1 is 1.22 bits per heavy atom. The molecule has 2 N–H and O–H groups in total. The van der Waals surface area contributed by atoms with Gasteiger partial charge in [0.1, 0.15) is 0 Å². The minimum Gasteiger partial charge on any atom is -0.479 e. The number of benzene rings is 1. The molecule has 0 aromatic heterocycles. The fourth-order valence-corrected chi connectivity index (χ4v) is 1.69. The first kappa shape index (κ1) is 14.2. The van der Waals surface area contributed by atoms with Gasteiger partial charge in [-0.2, -0.15) is 0 Å². The van der Waals surface area contributed by atoms with Crippen LogP contribution in [0.2, 0.25) is 0 Å². The van der Waals surface area contributed by atoms with Crippen LogP contribution < -0.4 is 5.32 Å². The largest absolute Gasteiger partial charge is 0.479 e. The molecule has 1 unspecified atom stereocenters. The Labute approximate surface area is 107 Å². The Bertz CT molecular complexity index is 412. The monoisotopic (exact) mass is 249 g/mol. The summed E-state index contributed by atoms with van der Waals surface area (Å²) in [5, 5.41) is 11.7. The van der Waals surface area contributed by atoms with E-state index in [4.69, 9.17) is 5.11 Å². The standard InChI is InChI=1S/C14H19NO3/c1-3-5-12(16)15-13(14(17)18)11-8-6-10(4-2)7-9-11/h6-9,13H,3-5H2,1-2H3,(H,15,16)(H,17,18). The van der Waals surface area contributed by atoms with Gasteiger partial charge in [-0.15, -0.1) is 0 Å². The number of aryl methyl sites for hydroxylation is 1. The van der Waals surface area contributed by atoms with Crippen molar-refractivity contribution in [3.05, 3.63) is 35.4 Å². The van der Waals surface area contributed by atoms with E-state index in [1.165, 1.54) is 0 Å². The number of carboxylic acid groups (broad SMARTS) is 1. The second-order valence-corrected chi connectivity index (χ2v) is 4.18. The molecular formula is C14H19NO3. The van der Waals surface area contributed by atoms with E-state index in [-0.39, 0.29) is 5.91 Å². The summed E-state index contributed by atoms with van der Waals surface area (Å²) in [6.07, 6.45) is 1.95. The van der Waals surface area contributed by atoms with Crippen LogP contribution in [0.3, 0.4) is 0 Å². The van der Waals surface area contributed by atoms with E-state index in [1.54, 1.807) is 12.1 Å². The molecule has 0 fully saturated rings. The molecule has 1 amide bonds. The summed E-state index contributed by atoms with van der Waals surface area (Å²) >= 11 is 0. The zero-order chi connectivity index (χ0) is 13.5. The number of carbonyl (C=O) groups is 2. The van der Waals surface area contributed by atoms with Gasteiger partial charge in [-0.1, -0.05) is 38.1 Å². The van der Waals surface area contributed by atoms with Gasteiger partial charge < -0.3 is 10.4 Å². The lowest BCUT2D eigenvalue weighted by molar-refractivity contribution is -0.142. The second-order valence-electron chi connectivity index (χ2n) is 4.18. The summed E-state index contributed by atoms with van der Waals surface area (Å²) in [5.74, 6) is -1.27. The number of carbonyl (C=O) groups excluding carboxylic acids is 1. The fourth-order valence-electron chi connectivity index (χ4n) is 1.69. The molecule has 0 aliphatic carbocycles. The van der Waals surface area contributed by atoms with Crippen LogP contribution >= 0.6 is 0 Å². The molecular weight excluding hydrogens is 230 g/mol. The summed E-state index contributed by atoms with van der Waals surface area (Å²) in [5.41, 5.74) is 1.74. The highest BCUT2D eigenvalue weighted by atomic mass is 16.4. The van der Waals surface area contributed by atoms with Gasteiger partial charge in [0.05, 0.1) is 0 Å². The first-order valence-corrected chi connectivity index (χ1v) is 6.19. The van der Waals surface area contributed by atoms with Crippen molar-refractivity contribution < 1.29 is 14.7 Å². The highest BCUT2D eigenvalue weighted by molar-refractivity contribution is 5.84. The zero-order valence-electron chi connectivity index (χ0n) is 10.8. The third-order valence-electron chi connectivity index (χ3n) is 2.75. The average molecular weight is 249 g/mol. The third kappa shape index (κ3) is 3.87. The first-order chi connectivity index (χ1) is 8.58. The number of rotatable bonds is 6. The molecule has 0 saturated heterocycles. The van der Waals surface area contributed by atoms with E-state index >= 15 is 0 Å². The average Bonchev–Trinajstić information content (AvgIpc) is 2.36. The van der Waals surface area contributed by atoms with Crippen LogP contribution in [0.15, 0.2) is 24.3 Å². The van der Waals surface area contributed by atoms with Gasteiger partial charge in [-0.25, -0.2) is 4.79 Å². The lowest BCUT2D eigenvalue weighted by Crippen LogP contribution is -2.33. The summed E-state index contributed by atoms with van der Waals surface area (Å²) < 4.78 is 0. The number of nitrogens with one attached hydrogen (secondary N) is 1. The number of aliphatic carboxylic acids is 1. The molecule has 1 atom stereocenters. The Balaban J connectivity index is 2.83. The van der Waals surface area contributed by atoms with Gasteiger partial charge in [0.15, 0.2) is 6.04 Å². The van der Waals surface area contributed by atoms with Crippen LogP contribution in [-0.4, -0.2) is 17.0 Å². The van der Waals surface area contributed by atoms with Gasteiger partial charge in [-0.05, 0) is 24.0 Å². The minimum absolute atomic E-state index is 0.232. The fraction of sp³-hybridized carbons (Fsp3) is 0.429. The Morgan fingerprint density at radius 2 is 1.83 bits per heavy atom. The lowest BCUT2D eigenvalue weighted by Gasteiger charge is -2.15. The van der Waals surface area contributed by atoms with Gasteiger partial charge in [0, 0.05) is 6.42 Å². The van der Waals surface area contributed by atoms with E-state index < -0.39 is 12.0 Å². The van der Waals surface area contributed by atoms with Crippen LogP contribution in [0.5, 0.6) is 0 Å². The Kier molecular flexibility index (Phi) is 5.36. The molecule has 0 aliphatic rings. The third-order valence-corrected chi connectivity index (χ3v) is 2.75. The summed E-state index contributed by atoms with van der Waals surface area (Å²) in [7, 11) is 0. The maximum absolute atomic E-state index is 11.5. The molecule has 4 nitrogen and oxygen atoms in total. The van der Waals surface area contributed by atoms with Crippen molar-refractivity contribution in [1.29, 1.82) is 0 Å². The van der Waals surface area contributed by atoms with Crippen molar-refractivity contribution in [2.45, 2.75) is 39.2 Å². The topological polar surface area (TPSA) is 66.4 Å². The van der Waals surface area contributed by atoms with Crippen molar-refractivity contribution in [1.82, 2.24) is 5.32 Å². The van der Waals surface area contributed by atoms with E-state index in [2.05, 4.69) is 5.32 Å². The number of hydrogen-bond acceptors (Lipinski definition) is 2. The predicted octanol–water partition coefficient (Wildman–Crippen LogP) is 2.29. The van der Waals surface area contributed by atoms with E-state index in [9.17, 15) is 9.59 Å². The molecule has 0 radical (unpaired) electrons. The number of amides is 1. The first-order valence-electron chi connectivity index (χ1n) is 6.19. The highest BCUT2D eigenvalue weighted by Gasteiger charge is 2.21. The molecule has 0 aliphatic heterocycles. The zero-order valence-corrected chi connectivity index (χ0v) is 10.8. The second kappa shape index (κ2) is 6.79. The van der Waals surface area contributed by atoms with Crippen molar-refractivity contribution >= 4 is 11.9 Å². The molecule has 98 valence electrons. The van der Waals surface area contributed by atoms with Crippen LogP contribution in [-0.2, 0) is 16.0 Å². The number of carboxylic acids is 1. The van der Waals surface area contributed by atoms with Crippen molar-refractivity contribution in [3.63, 3.8) is 0 Å². The molecule has 18 heavy (non-hydrogen) atoms. The summed E-state index contributed by atoms with van der Waals surface area (Å²) in [4.78, 5) is 22.7. The predicted molar refractivity (Wildman–Crippen MR) is 69.2 cm³/mol. The van der Waals surface area contributed by atoms with Crippen LogP contribution in [0, 0.1) is 0 Å². The lowest BCUT2D eigenvalue weighted by atomic mass is 10.0. The SMILES string of the molecule is CCCC(=O)NC(C(=O)O)c1ccc(CC)cc1. The Hall–Kier alpha value is -1.84. The summed E-state index contributed by atoms with van der Waals surface area (Å²) in [6.45, 7) is 3.91. The van der Waals surface area contributed by atoms with Gasteiger partial charge in [0.2, 0.25) is 5.91 Å². The number of hydrogen-bond donors (Lipinski definition) is 2. The molecule has 0 heterocycles. The normalized spacial score (nSPS) is 11.9. The van der Waals surface area contributed by atoms with Crippen molar-refractivity contribution in [2.75, 3.05) is 0 Å². The maximum Gasteiger partial charge on any atom is 0.330 e. The van der Waals surface area contributed by atoms with Crippen molar-refractivity contribution in [3.8, 4) is 0 Å². The van der Waals surface area contributed by atoms with Crippen LogP contribution in [0.1, 0.15) is 43.9 Å². The molecule has 0 spiro atoms. The van der Waals surface area contributed by atoms with E-state index in [0.29, 0.717) is 18.4 Å². The minimum atomic E-state index is -1.04. The Morgan fingerprint density at radius 3 is 2.28 bits per heavy atom. The van der Waals surface area contributed by atoms with Crippen LogP contribution in [0.25, 0.3) is 0 Å². The smallest absolute Gasteiger partial charge is 0.330 e. The molecule has 1 rings (SSSR count).